The van der Waals surface area contributed by atoms with Crippen molar-refractivity contribution >= 4 is 44.8 Å². The Kier molecular flexibility index (Phi) is 6.66. The van der Waals surface area contributed by atoms with Gasteiger partial charge in [-0.3, -0.25) is 4.79 Å². The minimum atomic E-state index is -4.64. The Morgan fingerprint density at radius 1 is 1.07 bits per heavy atom. The maximum atomic E-state index is 12.9. The summed E-state index contributed by atoms with van der Waals surface area (Å²) in [6, 6.07) is 8.26. The lowest BCUT2D eigenvalue weighted by atomic mass is 9.97. The summed E-state index contributed by atoms with van der Waals surface area (Å²) in [6.07, 6.45) is -4.19. The molecule has 0 aromatic heterocycles. The summed E-state index contributed by atoms with van der Waals surface area (Å²) < 4.78 is 65.3. The van der Waals surface area contributed by atoms with Gasteiger partial charge in [0.2, 0.25) is 15.9 Å². The Hall–Kier alpha value is -1.81. The molecule has 30 heavy (non-hydrogen) atoms. The SMILES string of the molecule is O=C(Nc1cc(Cl)ccc1Cl)C1CCN(S(=O)(=O)c2cccc(C(F)(F)F)c2)CC1. The fraction of sp³-hybridized carbons (Fsp3) is 0.316. The van der Waals surface area contributed by atoms with E-state index in [0.29, 0.717) is 21.8 Å². The summed E-state index contributed by atoms with van der Waals surface area (Å²) in [7, 11) is -4.10. The van der Waals surface area contributed by atoms with E-state index in [9.17, 15) is 26.4 Å². The van der Waals surface area contributed by atoms with Crippen molar-refractivity contribution < 1.29 is 26.4 Å². The number of hydrogen-bond acceptors (Lipinski definition) is 3. The minimum absolute atomic E-state index is 0.0138. The molecular formula is C19H17Cl2F3N2O3S. The first-order valence-corrected chi connectivity index (χ1v) is 11.1. The molecule has 162 valence electrons. The number of benzene rings is 2. The van der Waals surface area contributed by atoms with Crippen molar-refractivity contribution in [1.82, 2.24) is 4.31 Å². The summed E-state index contributed by atoms with van der Waals surface area (Å²) >= 11 is 11.9. The largest absolute Gasteiger partial charge is 0.416 e. The highest BCUT2D eigenvalue weighted by Gasteiger charge is 2.35. The molecule has 0 saturated carbocycles. The molecule has 1 amide bonds. The monoisotopic (exact) mass is 480 g/mol. The number of sulfonamides is 1. The quantitative estimate of drug-likeness (QED) is 0.665. The highest BCUT2D eigenvalue weighted by Crippen LogP contribution is 2.32. The molecule has 0 aliphatic carbocycles. The predicted octanol–water partition coefficient (Wildman–Crippen LogP) is 5.05. The number of nitrogens with one attached hydrogen (secondary N) is 1. The van der Waals surface area contributed by atoms with Crippen LogP contribution in [0.4, 0.5) is 18.9 Å². The van der Waals surface area contributed by atoms with Gasteiger partial charge in [-0.1, -0.05) is 29.3 Å². The number of carbonyl (C=O) groups excluding carboxylic acids is 1. The molecule has 3 rings (SSSR count). The lowest BCUT2D eigenvalue weighted by Crippen LogP contribution is -2.41. The fourth-order valence-corrected chi connectivity index (χ4v) is 5.02. The van der Waals surface area contributed by atoms with Gasteiger partial charge in [0.25, 0.3) is 0 Å². The van der Waals surface area contributed by atoms with Gasteiger partial charge in [0, 0.05) is 24.0 Å². The molecule has 11 heteroatoms. The van der Waals surface area contributed by atoms with Crippen molar-refractivity contribution in [3.05, 3.63) is 58.1 Å². The number of piperidine rings is 1. The molecule has 2 aromatic carbocycles. The Balaban J connectivity index is 1.67. The Morgan fingerprint density at radius 2 is 1.73 bits per heavy atom. The lowest BCUT2D eigenvalue weighted by Gasteiger charge is -2.30. The third-order valence-corrected chi connectivity index (χ3v) is 7.27. The number of rotatable bonds is 4. The van der Waals surface area contributed by atoms with Crippen LogP contribution in [0.15, 0.2) is 47.4 Å². The standard InChI is InChI=1S/C19H17Cl2F3N2O3S/c20-14-4-5-16(21)17(11-14)25-18(27)12-6-8-26(9-7-12)30(28,29)15-3-1-2-13(10-15)19(22,23)24/h1-5,10-12H,6-9H2,(H,25,27). The summed E-state index contributed by atoms with van der Waals surface area (Å²) in [6.45, 7) is 0.0277. The molecule has 0 spiro atoms. The second-order valence-corrected chi connectivity index (χ2v) is 9.60. The lowest BCUT2D eigenvalue weighted by molar-refractivity contribution is -0.137. The maximum Gasteiger partial charge on any atom is 0.416 e. The molecule has 0 radical (unpaired) electrons. The molecule has 0 bridgehead atoms. The summed E-state index contributed by atoms with van der Waals surface area (Å²) in [4.78, 5) is 12.1. The van der Waals surface area contributed by atoms with E-state index in [0.717, 1.165) is 22.5 Å². The van der Waals surface area contributed by atoms with Crippen LogP contribution in [0.2, 0.25) is 10.0 Å². The number of hydrogen-bond donors (Lipinski definition) is 1. The van der Waals surface area contributed by atoms with E-state index in [1.165, 1.54) is 6.07 Å². The normalized spacial score (nSPS) is 16.4. The summed E-state index contributed by atoms with van der Waals surface area (Å²) in [5.74, 6) is -0.789. The minimum Gasteiger partial charge on any atom is -0.324 e. The highest BCUT2D eigenvalue weighted by molar-refractivity contribution is 7.89. The van der Waals surface area contributed by atoms with Gasteiger partial charge in [-0.05, 0) is 49.2 Å². The topological polar surface area (TPSA) is 66.5 Å². The molecule has 0 unspecified atom stereocenters. The van der Waals surface area contributed by atoms with Crippen molar-refractivity contribution in [2.75, 3.05) is 18.4 Å². The van der Waals surface area contributed by atoms with Crippen LogP contribution in [0.3, 0.4) is 0 Å². The van der Waals surface area contributed by atoms with E-state index in [-0.39, 0.29) is 31.8 Å². The zero-order chi connectivity index (χ0) is 22.1. The molecule has 1 fully saturated rings. The van der Waals surface area contributed by atoms with Crippen LogP contribution < -0.4 is 5.32 Å². The van der Waals surface area contributed by atoms with Crippen LogP contribution >= 0.6 is 23.2 Å². The van der Waals surface area contributed by atoms with E-state index >= 15 is 0 Å². The second kappa shape index (κ2) is 8.74. The van der Waals surface area contributed by atoms with Gasteiger partial charge in [0.05, 0.1) is 21.2 Å². The molecule has 1 heterocycles. The van der Waals surface area contributed by atoms with Crippen molar-refractivity contribution in [2.45, 2.75) is 23.9 Å². The van der Waals surface area contributed by atoms with Crippen molar-refractivity contribution in [3.63, 3.8) is 0 Å². The summed E-state index contributed by atoms with van der Waals surface area (Å²) in [5, 5.41) is 3.40. The van der Waals surface area contributed by atoms with Crippen LogP contribution in [-0.2, 0) is 21.0 Å². The van der Waals surface area contributed by atoms with Crippen LogP contribution in [0.25, 0.3) is 0 Å². The first-order valence-electron chi connectivity index (χ1n) is 8.92. The molecule has 1 aliphatic rings. The van der Waals surface area contributed by atoms with Crippen LogP contribution in [-0.4, -0.2) is 31.7 Å². The van der Waals surface area contributed by atoms with E-state index in [1.54, 1.807) is 12.1 Å². The number of amides is 1. The number of halogens is 5. The molecule has 0 atom stereocenters. The Bertz CT molecular complexity index is 1050. The fourth-order valence-electron chi connectivity index (χ4n) is 3.17. The van der Waals surface area contributed by atoms with Gasteiger partial charge in [0.15, 0.2) is 0 Å². The molecular weight excluding hydrogens is 464 g/mol. The van der Waals surface area contributed by atoms with Gasteiger partial charge in [-0.15, -0.1) is 0 Å². The Morgan fingerprint density at radius 3 is 2.37 bits per heavy atom. The third kappa shape index (κ3) is 5.08. The van der Waals surface area contributed by atoms with Gasteiger partial charge in [0.1, 0.15) is 0 Å². The first kappa shape index (κ1) is 22.9. The molecule has 5 nitrogen and oxygen atoms in total. The molecule has 1 saturated heterocycles. The van der Waals surface area contributed by atoms with Gasteiger partial charge < -0.3 is 5.32 Å². The number of nitrogens with zero attached hydrogens (tertiary/aromatic N) is 1. The van der Waals surface area contributed by atoms with Crippen molar-refractivity contribution in [3.8, 4) is 0 Å². The number of anilines is 1. The van der Waals surface area contributed by atoms with Gasteiger partial charge in [-0.25, -0.2) is 8.42 Å². The first-order chi connectivity index (χ1) is 14.0. The van der Waals surface area contributed by atoms with Crippen molar-refractivity contribution in [1.29, 1.82) is 0 Å². The molecule has 2 aromatic rings. The zero-order valence-electron chi connectivity index (χ0n) is 15.4. The van der Waals surface area contributed by atoms with Crippen LogP contribution in [0, 0.1) is 5.92 Å². The van der Waals surface area contributed by atoms with Gasteiger partial charge in [-0.2, -0.15) is 17.5 Å². The summed E-state index contributed by atoms with van der Waals surface area (Å²) in [5.41, 5.74) is -0.676. The average molecular weight is 481 g/mol. The Labute approximate surface area is 181 Å². The van der Waals surface area contributed by atoms with E-state index in [1.807, 2.05) is 0 Å². The van der Waals surface area contributed by atoms with Crippen LogP contribution in [0.1, 0.15) is 18.4 Å². The van der Waals surface area contributed by atoms with E-state index in [2.05, 4.69) is 5.32 Å². The van der Waals surface area contributed by atoms with Crippen LogP contribution in [0.5, 0.6) is 0 Å². The molecule has 1 aliphatic heterocycles. The van der Waals surface area contributed by atoms with E-state index in [4.69, 9.17) is 23.2 Å². The number of alkyl halides is 3. The average Bonchev–Trinajstić information content (AvgIpc) is 2.70. The van der Waals surface area contributed by atoms with Gasteiger partial charge >= 0.3 is 6.18 Å². The number of carbonyl (C=O) groups is 1. The second-order valence-electron chi connectivity index (χ2n) is 6.82. The predicted molar refractivity (Wildman–Crippen MR) is 108 cm³/mol. The third-order valence-electron chi connectivity index (χ3n) is 4.81. The highest BCUT2D eigenvalue weighted by atomic mass is 35.5. The van der Waals surface area contributed by atoms with Crippen molar-refractivity contribution in [2.24, 2.45) is 5.92 Å². The molecule has 1 N–H and O–H groups in total. The maximum absolute atomic E-state index is 12.9. The van der Waals surface area contributed by atoms with E-state index < -0.39 is 32.6 Å². The smallest absolute Gasteiger partial charge is 0.324 e. The zero-order valence-corrected chi connectivity index (χ0v) is 17.7.